The summed E-state index contributed by atoms with van der Waals surface area (Å²) in [5.74, 6) is 2.91. The van der Waals surface area contributed by atoms with Crippen molar-refractivity contribution < 1.29 is 9.53 Å². The molecule has 0 unspecified atom stereocenters. The minimum atomic E-state index is -1.84. The van der Waals surface area contributed by atoms with E-state index in [1.165, 1.54) is 18.4 Å². The van der Waals surface area contributed by atoms with Crippen molar-refractivity contribution in [2.45, 2.75) is 102 Å². The van der Waals surface area contributed by atoms with Gasteiger partial charge in [0, 0.05) is 17.1 Å². The molecule has 35 heavy (non-hydrogen) atoms. The predicted octanol–water partition coefficient (Wildman–Crippen LogP) is 8.06. The second kappa shape index (κ2) is 8.70. The smallest absolute Gasteiger partial charge is 0.250 e. The molecule has 3 aliphatic carbocycles. The lowest BCUT2D eigenvalue weighted by Crippen LogP contribution is -2.52. The predicted molar refractivity (Wildman–Crippen MR) is 149 cm³/mol. The van der Waals surface area contributed by atoms with Gasteiger partial charge < -0.3 is 9.53 Å². The van der Waals surface area contributed by atoms with E-state index in [1.54, 1.807) is 5.56 Å². The summed E-state index contributed by atoms with van der Waals surface area (Å²) in [7, 11) is -1.84. The summed E-state index contributed by atoms with van der Waals surface area (Å²) in [6.07, 6.45) is 9.10. The summed E-state index contributed by atoms with van der Waals surface area (Å²) >= 11 is 3.66. The van der Waals surface area contributed by atoms with Crippen LogP contribution in [0.1, 0.15) is 82.5 Å². The molecule has 190 valence electrons. The molecule has 0 radical (unpaired) electrons. The van der Waals surface area contributed by atoms with Gasteiger partial charge in [0.1, 0.15) is 5.75 Å². The van der Waals surface area contributed by atoms with Gasteiger partial charge in [-0.05, 0) is 131 Å². The van der Waals surface area contributed by atoms with E-state index >= 15 is 0 Å². The van der Waals surface area contributed by atoms with Crippen LogP contribution in [0.25, 0.3) is 0 Å². The third-order valence-corrected chi connectivity index (χ3v) is 15.6. The van der Waals surface area contributed by atoms with Gasteiger partial charge in [-0.1, -0.05) is 33.8 Å². The average Bonchev–Trinajstić information content (AvgIpc) is 3.04. The van der Waals surface area contributed by atoms with Gasteiger partial charge in [0.25, 0.3) is 0 Å². The first-order valence-electron chi connectivity index (χ1n) is 13.5. The molecule has 1 aromatic carbocycles. The number of hydrogen-bond acceptors (Lipinski definition) is 3. The minimum absolute atomic E-state index is 0.0476. The molecule has 5 heteroatoms. The highest BCUT2D eigenvalue weighted by atomic mass is 79.9. The van der Waals surface area contributed by atoms with Crippen LogP contribution >= 0.6 is 15.9 Å². The number of fused-ring (bicyclic) bond motifs is 5. The molecular formula is C30H42BrNO2Si. The molecule has 0 saturated heterocycles. The van der Waals surface area contributed by atoms with Crippen LogP contribution in [-0.2, 0) is 12.8 Å². The highest BCUT2D eigenvalue weighted by Gasteiger charge is 2.61. The standard InChI is InChI=1S/C30H42BrNO2Si/c1-28(2,3)35(5,6)34-21-10-12-22-20(18-21)9-11-24-23(22)13-15-29(4)25(24)14-16-30(29,33)19-27-26(31)8-7-17-32-27/h7-8,10,12,17-18,23-25,33H,9,11,13-16,19H2,1-6H3/t23-,24-,25+,29+,30-/m1/s1. The summed E-state index contributed by atoms with van der Waals surface area (Å²) in [6.45, 7) is 13.9. The summed E-state index contributed by atoms with van der Waals surface area (Å²) in [4.78, 5) is 4.60. The monoisotopic (exact) mass is 555 g/mol. The van der Waals surface area contributed by atoms with E-state index in [9.17, 15) is 5.11 Å². The first-order valence-corrected chi connectivity index (χ1v) is 17.2. The van der Waals surface area contributed by atoms with Gasteiger partial charge in [-0.15, -0.1) is 0 Å². The third kappa shape index (κ3) is 4.23. The second-order valence-electron chi connectivity index (χ2n) is 13.3. The molecule has 0 spiro atoms. The zero-order valence-electron chi connectivity index (χ0n) is 22.3. The van der Waals surface area contributed by atoms with E-state index < -0.39 is 13.9 Å². The normalized spacial score (nSPS) is 32.5. The van der Waals surface area contributed by atoms with Crippen LogP contribution in [0.4, 0.5) is 0 Å². The average molecular weight is 557 g/mol. The van der Waals surface area contributed by atoms with Gasteiger partial charge in [0.05, 0.1) is 11.3 Å². The van der Waals surface area contributed by atoms with Crippen LogP contribution < -0.4 is 4.43 Å². The van der Waals surface area contributed by atoms with Gasteiger partial charge in [-0.3, -0.25) is 4.98 Å². The minimum Gasteiger partial charge on any atom is -0.543 e. The summed E-state index contributed by atoms with van der Waals surface area (Å²) in [5, 5.41) is 12.2. The number of pyridine rings is 1. The van der Waals surface area contributed by atoms with Crippen LogP contribution in [0.5, 0.6) is 5.75 Å². The molecule has 1 aromatic heterocycles. The maximum atomic E-state index is 12.0. The maximum absolute atomic E-state index is 12.0. The van der Waals surface area contributed by atoms with Crippen molar-refractivity contribution >= 4 is 24.2 Å². The highest BCUT2D eigenvalue weighted by molar-refractivity contribution is 9.10. The Morgan fingerprint density at radius 3 is 2.63 bits per heavy atom. The number of benzene rings is 1. The second-order valence-corrected chi connectivity index (χ2v) is 18.9. The molecule has 5 rings (SSSR count). The SMILES string of the molecule is CC(C)(C)[Si](C)(C)Oc1ccc2c(c1)CC[C@@H]1[C@@H]2CC[C@@]2(C)[C@H]1CC[C@@]2(O)Cc1ncccc1Br. The van der Waals surface area contributed by atoms with Gasteiger partial charge in [0.15, 0.2) is 0 Å². The fourth-order valence-electron chi connectivity index (χ4n) is 7.30. The molecule has 0 amide bonds. The van der Waals surface area contributed by atoms with E-state index in [-0.39, 0.29) is 10.5 Å². The number of aliphatic hydroxyl groups is 1. The van der Waals surface area contributed by atoms with Gasteiger partial charge in [0.2, 0.25) is 8.32 Å². The number of aryl methyl sites for hydroxylation is 1. The number of aromatic nitrogens is 1. The van der Waals surface area contributed by atoms with Crippen molar-refractivity contribution in [3.8, 4) is 5.75 Å². The molecule has 1 heterocycles. The molecule has 2 aromatic rings. The third-order valence-electron chi connectivity index (χ3n) is 10.5. The lowest BCUT2D eigenvalue weighted by molar-refractivity contribution is -0.102. The molecule has 3 aliphatic rings. The molecule has 0 bridgehead atoms. The van der Waals surface area contributed by atoms with E-state index in [2.05, 4.69) is 79.9 Å². The van der Waals surface area contributed by atoms with Crippen molar-refractivity contribution in [3.63, 3.8) is 0 Å². The van der Waals surface area contributed by atoms with Crippen LogP contribution in [0, 0.1) is 17.3 Å². The number of hydrogen-bond donors (Lipinski definition) is 1. The van der Waals surface area contributed by atoms with E-state index in [1.807, 2.05) is 18.3 Å². The Morgan fingerprint density at radius 1 is 1.14 bits per heavy atom. The molecule has 2 fully saturated rings. The molecule has 1 N–H and O–H groups in total. The fraction of sp³-hybridized carbons (Fsp3) is 0.633. The lowest BCUT2D eigenvalue weighted by atomic mass is 9.53. The number of nitrogens with zero attached hydrogens (tertiary/aromatic N) is 1. The van der Waals surface area contributed by atoms with Crippen LogP contribution in [0.15, 0.2) is 41.0 Å². The summed E-state index contributed by atoms with van der Waals surface area (Å²) in [6, 6.07) is 11.0. The Bertz CT molecular complexity index is 1110. The van der Waals surface area contributed by atoms with E-state index in [0.717, 1.165) is 41.6 Å². The van der Waals surface area contributed by atoms with Crippen LogP contribution in [-0.4, -0.2) is 24.0 Å². The molecular weight excluding hydrogens is 514 g/mol. The Hall–Kier alpha value is -1.17. The lowest BCUT2D eigenvalue weighted by Gasteiger charge is -2.53. The van der Waals surface area contributed by atoms with Crippen LogP contribution in [0.2, 0.25) is 18.1 Å². The van der Waals surface area contributed by atoms with Gasteiger partial charge >= 0.3 is 0 Å². The van der Waals surface area contributed by atoms with Crippen molar-refractivity contribution in [2.75, 3.05) is 0 Å². The van der Waals surface area contributed by atoms with E-state index in [4.69, 9.17) is 4.43 Å². The molecule has 0 aliphatic heterocycles. The summed E-state index contributed by atoms with van der Waals surface area (Å²) in [5.41, 5.74) is 3.31. The van der Waals surface area contributed by atoms with Gasteiger partial charge in [-0.25, -0.2) is 0 Å². The molecule has 5 atom stereocenters. The molecule has 2 saturated carbocycles. The first-order chi connectivity index (χ1) is 16.3. The van der Waals surface area contributed by atoms with Crippen molar-refractivity contribution in [3.05, 3.63) is 57.8 Å². The molecule has 3 nitrogen and oxygen atoms in total. The fourth-order valence-corrected chi connectivity index (χ4v) is 8.71. The maximum Gasteiger partial charge on any atom is 0.250 e. The Morgan fingerprint density at radius 2 is 1.91 bits per heavy atom. The zero-order chi connectivity index (χ0) is 25.2. The van der Waals surface area contributed by atoms with Gasteiger partial charge in [-0.2, -0.15) is 0 Å². The Kier molecular flexibility index (Phi) is 6.33. The zero-order valence-corrected chi connectivity index (χ0v) is 24.9. The van der Waals surface area contributed by atoms with Crippen molar-refractivity contribution in [1.82, 2.24) is 4.98 Å². The quantitative estimate of drug-likeness (QED) is 0.388. The van der Waals surface area contributed by atoms with E-state index in [0.29, 0.717) is 24.2 Å². The van der Waals surface area contributed by atoms with Crippen molar-refractivity contribution in [2.24, 2.45) is 17.3 Å². The number of halogens is 1. The Balaban J connectivity index is 1.37. The summed E-state index contributed by atoms with van der Waals surface area (Å²) < 4.78 is 7.65. The highest BCUT2D eigenvalue weighted by Crippen LogP contribution is 2.65. The Labute approximate surface area is 221 Å². The van der Waals surface area contributed by atoms with Crippen molar-refractivity contribution in [1.29, 1.82) is 0 Å². The topological polar surface area (TPSA) is 42.4 Å². The van der Waals surface area contributed by atoms with Crippen LogP contribution in [0.3, 0.4) is 0 Å². The number of rotatable bonds is 4. The first kappa shape index (κ1) is 25.5. The largest absolute Gasteiger partial charge is 0.543 e.